The molecule has 3 heterocycles. The van der Waals surface area contributed by atoms with Gasteiger partial charge in [-0.05, 0) is 12.1 Å². The first-order chi connectivity index (χ1) is 15.7. The first-order valence-corrected chi connectivity index (χ1v) is 10.4. The molecule has 11 heteroatoms. The Bertz CT molecular complexity index is 787. The number of nitrogens with zero attached hydrogens (tertiary/aromatic N) is 4. The summed E-state index contributed by atoms with van der Waals surface area (Å²) in [6.45, 7) is 2.60. The quantitative estimate of drug-likeness (QED) is 0.402. The van der Waals surface area contributed by atoms with E-state index in [0.29, 0.717) is 49.7 Å². The number of carbonyl (C=O) groups excluding carboxylic acids is 1. The molecule has 0 radical (unpaired) electrons. The Balaban J connectivity index is 1.56. The van der Waals surface area contributed by atoms with Crippen molar-refractivity contribution in [2.24, 2.45) is 0 Å². The molecular formula is C21H28N4O7. The fourth-order valence-electron chi connectivity index (χ4n) is 2.97. The molecule has 2 aromatic heterocycles. The van der Waals surface area contributed by atoms with E-state index in [-0.39, 0.29) is 45.7 Å². The van der Waals surface area contributed by atoms with E-state index >= 15 is 0 Å². The van der Waals surface area contributed by atoms with E-state index in [0.717, 1.165) is 0 Å². The van der Waals surface area contributed by atoms with Crippen molar-refractivity contribution in [3.8, 4) is 11.8 Å². The van der Waals surface area contributed by atoms with Crippen molar-refractivity contribution in [2.45, 2.75) is 0 Å². The molecular weight excluding hydrogens is 420 g/mol. The van der Waals surface area contributed by atoms with Gasteiger partial charge in [-0.1, -0.05) is 12.1 Å². The number of urea groups is 1. The number of pyridine rings is 2. The molecule has 0 bridgehead atoms. The zero-order valence-corrected chi connectivity index (χ0v) is 17.8. The van der Waals surface area contributed by atoms with Gasteiger partial charge >= 0.3 is 6.03 Å². The molecule has 0 spiro atoms. The number of amides is 2. The van der Waals surface area contributed by atoms with Crippen LogP contribution in [-0.2, 0) is 9.47 Å². The van der Waals surface area contributed by atoms with E-state index in [1.165, 1.54) is 0 Å². The molecule has 1 saturated heterocycles. The molecule has 0 saturated carbocycles. The van der Waals surface area contributed by atoms with E-state index in [1.807, 2.05) is 0 Å². The van der Waals surface area contributed by atoms with Gasteiger partial charge < -0.3 is 29.2 Å². The van der Waals surface area contributed by atoms with Gasteiger partial charge in [-0.15, -0.1) is 0 Å². The molecule has 32 heavy (non-hydrogen) atoms. The maximum absolute atomic E-state index is 13.0. The third-order valence-electron chi connectivity index (χ3n) is 4.41. The Morgan fingerprint density at radius 3 is 1.62 bits per heavy atom. The average molecular weight is 448 g/mol. The van der Waals surface area contributed by atoms with Gasteiger partial charge in [-0.2, -0.15) is 9.97 Å². The lowest BCUT2D eigenvalue weighted by atomic mass is 10.4. The van der Waals surface area contributed by atoms with Gasteiger partial charge in [-0.3, -0.25) is 9.80 Å². The summed E-state index contributed by atoms with van der Waals surface area (Å²) in [7, 11) is 0. The predicted octanol–water partition coefficient (Wildman–Crippen LogP) is 0.699. The minimum Gasteiger partial charge on any atom is -0.475 e. The summed E-state index contributed by atoms with van der Waals surface area (Å²) in [5, 5.41) is 17.4. The molecule has 2 N–H and O–H groups in total. The lowest BCUT2D eigenvalue weighted by Crippen LogP contribution is -2.32. The second-order valence-corrected chi connectivity index (χ2v) is 6.62. The number of carbonyl (C=O) groups is 1. The Morgan fingerprint density at radius 1 is 0.719 bits per heavy atom. The third-order valence-corrected chi connectivity index (χ3v) is 4.41. The zero-order chi connectivity index (χ0) is 22.6. The molecule has 0 unspecified atom stereocenters. The summed E-state index contributed by atoms with van der Waals surface area (Å²) >= 11 is 0. The van der Waals surface area contributed by atoms with E-state index in [9.17, 15) is 4.79 Å². The molecule has 0 atom stereocenters. The fourth-order valence-corrected chi connectivity index (χ4v) is 2.97. The maximum Gasteiger partial charge on any atom is 0.331 e. The monoisotopic (exact) mass is 448 g/mol. The van der Waals surface area contributed by atoms with Gasteiger partial charge in [0.2, 0.25) is 11.8 Å². The average Bonchev–Trinajstić information content (AvgIpc) is 3.20. The van der Waals surface area contributed by atoms with E-state index in [1.54, 1.807) is 46.2 Å². The lowest BCUT2D eigenvalue weighted by Gasteiger charge is -2.18. The SMILES string of the molecule is O=C1N(c2cccc(OCCOCCO)n2)CCN1c1cccc(OCCOCCO)n1. The number of anilines is 2. The molecule has 1 aliphatic rings. The minimum atomic E-state index is -0.239. The van der Waals surface area contributed by atoms with Crippen molar-refractivity contribution in [1.29, 1.82) is 0 Å². The van der Waals surface area contributed by atoms with E-state index in [4.69, 9.17) is 29.2 Å². The molecule has 1 aliphatic heterocycles. The van der Waals surface area contributed by atoms with Gasteiger partial charge in [-0.25, -0.2) is 4.79 Å². The fraction of sp³-hybridized carbons (Fsp3) is 0.476. The number of rotatable bonds is 14. The van der Waals surface area contributed by atoms with Crippen molar-refractivity contribution in [3.05, 3.63) is 36.4 Å². The Kier molecular flexibility index (Phi) is 9.44. The highest BCUT2D eigenvalue weighted by Gasteiger charge is 2.32. The standard InChI is InChI=1S/C21H28N4O7/c26-9-11-29-13-15-31-19-5-1-3-17(22-19)24-7-8-25(21(24)28)18-4-2-6-20(23-18)32-16-14-30-12-10-27/h1-6,26-27H,7-16H2. The number of aliphatic hydroxyl groups excluding tert-OH is 2. The van der Waals surface area contributed by atoms with Crippen LogP contribution in [0.5, 0.6) is 11.8 Å². The molecule has 174 valence electrons. The maximum atomic E-state index is 13.0. The molecule has 11 nitrogen and oxygen atoms in total. The molecule has 1 fully saturated rings. The number of ether oxygens (including phenoxy) is 4. The largest absolute Gasteiger partial charge is 0.475 e. The predicted molar refractivity (Wildman–Crippen MR) is 115 cm³/mol. The van der Waals surface area contributed by atoms with Gasteiger partial charge in [0, 0.05) is 25.2 Å². The summed E-state index contributed by atoms with van der Waals surface area (Å²) in [6, 6.07) is 10.2. The second kappa shape index (κ2) is 12.8. The topological polar surface area (TPSA) is 127 Å². The first kappa shape index (κ1) is 23.7. The lowest BCUT2D eigenvalue weighted by molar-refractivity contribution is 0.0695. The van der Waals surface area contributed by atoms with Crippen LogP contribution in [0.25, 0.3) is 0 Å². The molecule has 0 aliphatic carbocycles. The molecule has 2 amide bonds. The van der Waals surface area contributed by atoms with E-state index in [2.05, 4.69) is 9.97 Å². The Morgan fingerprint density at radius 2 is 1.19 bits per heavy atom. The molecule has 3 rings (SSSR count). The summed E-state index contributed by atoms with van der Waals surface area (Å²) in [5.41, 5.74) is 0. The highest BCUT2D eigenvalue weighted by molar-refractivity contribution is 6.05. The number of hydrogen-bond acceptors (Lipinski definition) is 9. The third kappa shape index (κ3) is 6.76. The van der Waals surface area contributed by atoms with Crippen LogP contribution in [0.4, 0.5) is 16.4 Å². The van der Waals surface area contributed by atoms with Gasteiger partial charge in [0.15, 0.2) is 0 Å². The number of aliphatic hydroxyl groups is 2. The van der Waals surface area contributed by atoms with Crippen LogP contribution in [0.3, 0.4) is 0 Å². The summed E-state index contributed by atoms with van der Waals surface area (Å²) in [5.74, 6) is 1.75. The highest BCUT2D eigenvalue weighted by Crippen LogP contribution is 2.25. The highest BCUT2D eigenvalue weighted by atomic mass is 16.5. The van der Waals surface area contributed by atoms with Crippen LogP contribution in [0.2, 0.25) is 0 Å². The van der Waals surface area contributed by atoms with E-state index < -0.39 is 0 Å². The zero-order valence-electron chi connectivity index (χ0n) is 17.8. The first-order valence-electron chi connectivity index (χ1n) is 10.4. The summed E-state index contributed by atoms with van der Waals surface area (Å²) in [4.78, 5) is 24.9. The van der Waals surface area contributed by atoms with Gasteiger partial charge in [0.05, 0.1) is 39.6 Å². The number of hydrogen-bond donors (Lipinski definition) is 2. The van der Waals surface area contributed by atoms with Crippen LogP contribution >= 0.6 is 0 Å². The number of aromatic nitrogens is 2. The van der Waals surface area contributed by atoms with Gasteiger partial charge in [0.1, 0.15) is 24.8 Å². The molecule has 0 aromatic carbocycles. The Hall–Kier alpha value is -2.99. The van der Waals surface area contributed by atoms with Crippen molar-refractivity contribution in [3.63, 3.8) is 0 Å². The van der Waals surface area contributed by atoms with Gasteiger partial charge in [0.25, 0.3) is 0 Å². The van der Waals surface area contributed by atoms with Crippen molar-refractivity contribution >= 4 is 17.7 Å². The second-order valence-electron chi connectivity index (χ2n) is 6.62. The Labute approximate surface area is 186 Å². The summed E-state index contributed by atoms with van der Waals surface area (Å²) < 4.78 is 21.4. The minimum absolute atomic E-state index is 0.0375. The van der Waals surface area contributed by atoms with Crippen LogP contribution in [0.1, 0.15) is 0 Å². The van der Waals surface area contributed by atoms with Crippen molar-refractivity contribution in [2.75, 3.05) is 75.7 Å². The smallest absolute Gasteiger partial charge is 0.331 e. The van der Waals surface area contributed by atoms with Crippen molar-refractivity contribution < 1.29 is 34.0 Å². The van der Waals surface area contributed by atoms with Crippen molar-refractivity contribution in [1.82, 2.24) is 9.97 Å². The van der Waals surface area contributed by atoms with Crippen LogP contribution < -0.4 is 19.3 Å². The van der Waals surface area contributed by atoms with Crippen LogP contribution in [0, 0.1) is 0 Å². The summed E-state index contributed by atoms with van der Waals surface area (Å²) in [6.07, 6.45) is 0. The van der Waals surface area contributed by atoms with Crippen LogP contribution in [0.15, 0.2) is 36.4 Å². The van der Waals surface area contributed by atoms with Crippen LogP contribution in [-0.4, -0.2) is 92.2 Å². The normalized spacial score (nSPS) is 13.6. The molecule has 2 aromatic rings.